The lowest BCUT2D eigenvalue weighted by atomic mass is 9.78. The molecule has 26 heavy (non-hydrogen) atoms. The Morgan fingerprint density at radius 3 is 2.81 bits per heavy atom. The summed E-state index contributed by atoms with van der Waals surface area (Å²) in [7, 11) is 0. The number of nitrogens with one attached hydrogen (secondary N) is 2. The number of carbonyl (C=O) groups excluding carboxylic acids is 2. The summed E-state index contributed by atoms with van der Waals surface area (Å²) in [6.45, 7) is 3.98. The van der Waals surface area contributed by atoms with Gasteiger partial charge in [0.2, 0.25) is 0 Å². The second-order valence-electron chi connectivity index (χ2n) is 7.11. The lowest BCUT2D eigenvalue weighted by Gasteiger charge is -2.34. The van der Waals surface area contributed by atoms with Crippen LogP contribution in [-0.2, 0) is 9.53 Å². The normalized spacial score (nSPS) is 22.8. The van der Waals surface area contributed by atoms with Crippen molar-refractivity contribution in [1.82, 2.24) is 10.3 Å². The Bertz CT molecular complexity index is 873. The zero-order valence-corrected chi connectivity index (χ0v) is 15.1. The molecule has 1 aliphatic carbocycles. The maximum absolute atomic E-state index is 12.2. The molecule has 1 aromatic carbocycles. The van der Waals surface area contributed by atoms with E-state index in [1.165, 1.54) is 12.5 Å². The van der Waals surface area contributed by atoms with E-state index in [2.05, 4.69) is 24.1 Å². The number of fused-ring (bicyclic) bond motifs is 1. The van der Waals surface area contributed by atoms with Crippen LogP contribution in [0.1, 0.15) is 43.6 Å². The van der Waals surface area contributed by atoms with Gasteiger partial charge in [-0.3, -0.25) is 9.59 Å². The number of pyridine rings is 1. The Balaban J connectivity index is 1.60. The van der Waals surface area contributed by atoms with Crippen molar-refractivity contribution < 1.29 is 14.3 Å². The van der Waals surface area contributed by atoms with Crippen molar-refractivity contribution in [3.8, 4) is 0 Å². The number of benzene rings is 1. The number of hydrogen-bond donors (Lipinski definition) is 2. The van der Waals surface area contributed by atoms with Gasteiger partial charge in [0.15, 0.2) is 12.0 Å². The van der Waals surface area contributed by atoms with Crippen LogP contribution in [0.4, 0.5) is 0 Å². The van der Waals surface area contributed by atoms with Crippen LogP contribution >= 0.6 is 0 Å². The third kappa shape index (κ3) is 3.95. The Kier molecular flexibility index (Phi) is 5.40. The number of rotatable bonds is 4. The van der Waals surface area contributed by atoms with E-state index in [1.54, 1.807) is 24.3 Å². The zero-order valence-electron chi connectivity index (χ0n) is 15.1. The van der Waals surface area contributed by atoms with E-state index in [9.17, 15) is 14.4 Å². The summed E-state index contributed by atoms with van der Waals surface area (Å²) >= 11 is 0. The first-order chi connectivity index (χ1) is 12.5. The standard InChI is InChI=1S/C20H24N2O4/c1-12-6-5-9-15(13(12)2)22-19(24)11-26-20(25)17-10-18(23)14-7-3-4-8-16(14)21-17/h3-4,7-8,10,12-13,15H,5-6,9,11H2,1-2H3,(H,21,23)(H,22,24)/t12-,13-,15-/m1/s1. The molecule has 138 valence electrons. The fourth-order valence-corrected chi connectivity index (χ4v) is 3.55. The average molecular weight is 356 g/mol. The van der Waals surface area contributed by atoms with E-state index in [1.807, 2.05) is 0 Å². The van der Waals surface area contributed by atoms with Gasteiger partial charge >= 0.3 is 5.97 Å². The summed E-state index contributed by atoms with van der Waals surface area (Å²) in [5.41, 5.74) is 0.336. The third-order valence-corrected chi connectivity index (χ3v) is 5.34. The summed E-state index contributed by atoms with van der Waals surface area (Å²) in [5.74, 6) is -0.0555. The minimum absolute atomic E-state index is 0.0427. The molecule has 1 heterocycles. The van der Waals surface area contributed by atoms with Gasteiger partial charge in [0.25, 0.3) is 5.91 Å². The molecule has 0 spiro atoms. The van der Waals surface area contributed by atoms with Crippen molar-refractivity contribution in [2.75, 3.05) is 6.61 Å². The predicted octanol–water partition coefficient (Wildman–Crippen LogP) is 2.63. The topological polar surface area (TPSA) is 88.3 Å². The summed E-state index contributed by atoms with van der Waals surface area (Å²) in [6.07, 6.45) is 3.22. The fraction of sp³-hybridized carbons (Fsp3) is 0.450. The van der Waals surface area contributed by atoms with E-state index in [-0.39, 0.29) is 29.7 Å². The highest BCUT2D eigenvalue weighted by atomic mass is 16.5. The molecule has 2 aromatic rings. The summed E-state index contributed by atoms with van der Waals surface area (Å²) in [6, 6.07) is 8.24. The molecule has 2 N–H and O–H groups in total. The largest absolute Gasteiger partial charge is 0.451 e. The van der Waals surface area contributed by atoms with Crippen LogP contribution in [0.2, 0.25) is 0 Å². The molecule has 0 radical (unpaired) electrons. The van der Waals surface area contributed by atoms with Gasteiger partial charge < -0.3 is 15.0 Å². The quantitative estimate of drug-likeness (QED) is 0.824. The van der Waals surface area contributed by atoms with Crippen LogP contribution in [0, 0.1) is 11.8 Å². The Morgan fingerprint density at radius 1 is 1.23 bits per heavy atom. The van der Waals surface area contributed by atoms with Gasteiger partial charge in [-0.25, -0.2) is 4.79 Å². The molecule has 6 nitrogen and oxygen atoms in total. The smallest absolute Gasteiger partial charge is 0.355 e. The van der Waals surface area contributed by atoms with Gasteiger partial charge in [0.1, 0.15) is 5.69 Å². The molecule has 1 saturated carbocycles. The molecule has 1 amide bonds. The molecule has 0 bridgehead atoms. The van der Waals surface area contributed by atoms with Crippen molar-refractivity contribution >= 4 is 22.8 Å². The molecule has 1 aliphatic rings. The fourth-order valence-electron chi connectivity index (χ4n) is 3.55. The monoisotopic (exact) mass is 356 g/mol. The van der Waals surface area contributed by atoms with E-state index >= 15 is 0 Å². The van der Waals surface area contributed by atoms with Crippen molar-refractivity contribution in [1.29, 1.82) is 0 Å². The first-order valence-corrected chi connectivity index (χ1v) is 9.04. The number of carbonyl (C=O) groups is 2. The molecule has 0 saturated heterocycles. The summed E-state index contributed by atoms with van der Waals surface area (Å²) in [5, 5.41) is 3.46. The highest BCUT2D eigenvalue weighted by Crippen LogP contribution is 2.29. The Morgan fingerprint density at radius 2 is 2.00 bits per heavy atom. The first kappa shape index (κ1) is 18.2. The molecular weight excluding hydrogens is 332 g/mol. The van der Waals surface area contributed by atoms with Gasteiger partial charge in [-0.1, -0.05) is 38.8 Å². The van der Waals surface area contributed by atoms with E-state index in [0.717, 1.165) is 12.8 Å². The third-order valence-electron chi connectivity index (χ3n) is 5.34. The minimum atomic E-state index is -0.715. The molecule has 0 aliphatic heterocycles. The van der Waals surface area contributed by atoms with Crippen LogP contribution in [0.25, 0.3) is 10.9 Å². The molecule has 1 aromatic heterocycles. The number of amides is 1. The maximum Gasteiger partial charge on any atom is 0.355 e. The summed E-state index contributed by atoms with van der Waals surface area (Å²) < 4.78 is 5.08. The number of ether oxygens (including phenoxy) is 1. The molecule has 1 fully saturated rings. The van der Waals surface area contributed by atoms with Crippen LogP contribution in [0.3, 0.4) is 0 Å². The average Bonchev–Trinajstić information content (AvgIpc) is 2.63. The molecule has 3 rings (SSSR count). The van der Waals surface area contributed by atoms with Gasteiger partial charge in [-0.15, -0.1) is 0 Å². The van der Waals surface area contributed by atoms with E-state index < -0.39 is 5.97 Å². The van der Waals surface area contributed by atoms with Gasteiger partial charge in [-0.2, -0.15) is 0 Å². The number of aromatic amines is 1. The van der Waals surface area contributed by atoms with Crippen LogP contribution < -0.4 is 10.7 Å². The second kappa shape index (κ2) is 7.72. The number of H-pyrrole nitrogens is 1. The summed E-state index contributed by atoms with van der Waals surface area (Å²) in [4.78, 5) is 39.2. The molecule has 3 atom stereocenters. The molecular formula is C20H24N2O4. The molecule has 6 heteroatoms. The predicted molar refractivity (Wildman–Crippen MR) is 99.0 cm³/mol. The zero-order chi connectivity index (χ0) is 18.7. The van der Waals surface area contributed by atoms with Gasteiger partial charge in [0, 0.05) is 23.0 Å². The van der Waals surface area contributed by atoms with Crippen LogP contribution in [-0.4, -0.2) is 29.5 Å². The number of aromatic nitrogens is 1. The lowest BCUT2D eigenvalue weighted by molar-refractivity contribution is -0.125. The van der Waals surface area contributed by atoms with E-state index in [4.69, 9.17) is 4.74 Å². The second-order valence-corrected chi connectivity index (χ2v) is 7.11. The first-order valence-electron chi connectivity index (χ1n) is 9.04. The van der Waals surface area contributed by atoms with Crippen molar-refractivity contribution in [2.45, 2.75) is 39.2 Å². The van der Waals surface area contributed by atoms with Crippen molar-refractivity contribution in [3.63, 3.8) is 0 Å². The highest BCUT2D eigenvalue weighted by Gasteiger charge is 2.28. The molecule has 0 unspecified atom stereocenters. The number of hydrogen-bond acceptors (Lipinski definition) is 4. The SMILES string of the molecule is C[C@@H]1[C@H](C)CCC[C@H]1NC(=O)COC(=O)c1cc(=O)c2ccccc2[nH]1. The van der Waals surface area contributed by atoms with Gasteiger partial charge in [0.05, 0.1) is 0 Å². The lowest BCUT2D eigenvalue weighted by Crippen LogP contribution is -2.45. The van der Waals surface area contributed by atoms with Crippen LogP contribution in [0.5, 0.6) is 0 Å². The van der Waals surface area contributed by atoms with Gasteiger partial charge in [-0.05, 0) is 30.4 Å². The highest BCUT2D eigenvalue weighted by molar-refractivity contribution is 5.92. The van der Waals surface area contributed by atoms with E-state index in [0.29, 0.717) is 22.7 Å². The maximum atomic E-state index is 12.2. The Labute approximate surface area is 151 Å². The number of esters is 1. The number of para-hydroxylation sites is 1. The van der Waals surface area contributed by atoms with Crippen molar-refractivity contribution in [2.24, 2.45) is 11.8 Å². The van der Waals surface area contributed by atoms with Crippen LogP contribution in [0.15, 0.2) is 35.1 Å². The Hall–Kier alpha value is -2.63. The van der Waals surface area contributed by atoms with Crippen molar-refractivity contribution in [3.05, 3.63) is 46.2 Å². The minimum Gasteiger partial charge on any atom is -0.451 e.